The number of piperazine rings is 1. The summed E-state index contributed by atoms with van der Waals surface area (Å²) in [7, 11) is 1.92. The van der Waals surface area contributed by atoms with Crippen molar-refractivity contribution in [3.8, 4) is 0 Å². The minimum atomic E-state index is -1.54. The SMILES string of the molecule is CN1CCN2c3ccc([N+](=O)[O-])cc3C[C@]3(C(=O)NC(=O)N(C(C)(C)C)C3=O)[C@H]2C1. The van der Waals surface area contributed by atoms with E-state index in [0.717, 1.165) is 17.1 Å². The van der Waals surface area contributed by atoms with Crippen LogP contribution in [0.15, 0.2) is 18.2 Å². The van der Waals surface area contributed by atoms with Crippen molar-refractivity contribution in [2.24, 2.45) is 5.41 Å². The fourth-order valence-electron chi connectivity index (χ4n) is 4.87. The van der Waals surface area contributed by atoms with Gasteiger partial charge in [-0.05, 0) is 39.4 Å². The smallest absolute Gasteiger partial charge is 0.331 e. The van der Waals surface area contributed by atoms with Gasteiger partial charge in [0.2, 0.25) is 11.8 Å². The molecule has 4 amide bonds. The van der Waals surface area contributed by atoms with Crippen LogP contribution < -0.4 is 10.2 Å². The first-order valence-electron chi connectivity index (χ1n) is 9.89. The number of carbonyl (C=O) groups excluding carboxylic acids is 3. The highest BCUT2D eigenvalue weighted by molar-refractivity contribution is 6.20. The first-order chi connectivity index (χ1) is 14.0. The van der Waals surface area contributed by atoms with Crippen LogP contribution in [0, 0.1) is 15.5 Å². The standard InChI is InChI=1S/C20H25N5O5/c1-19(2,3)24-17(27)20(16(26)21-18(24)28)10-12-9-13(25(29)30)5-6-14(12)23-8-7-22(4)11-15(20)23/h5-6,9,15H,7-8,10-11H2,1-4H3,(H,21,26,28)/t15-,20-/m1/s1. The van der Waals surface area contributed by atoms with Gasteiger partial charge in [-0.25, -0.2) is 4.79 Å². The van der Waals surface area contributed by atoms with Crippen LogP contribution in [0.1, 0.15) is 26.3 Å². The fourth-order valence-corrected chi connectivity index (χ4v) is 4.87. The number of nitro benzene ring substituents is 1. The van der Waals surface area contributed by atoms with Crippen molar-refractivity contribution in [3.63, 3.8) is 0 Å². The van der Waals surface area contributed by atoms with Crippen LogP contribution in [0.3, 0.4) is 0 Å². The molecule has 2 saturated heterocycles. The summed E-state index contributed by atoms with van der Waals surface area (Å²) < 4.78 is 0. The maximum Gasteiger partial charge on any atom is 0.331 e. The van der Waals surface area contributed by atoms with Crippen LogP contribution in [-0.4, -0.2) is 70.8 Å². The third-order valence-electron chi connectivity index (χ3n) is 6.29. The topological polar surface area (TPSA) is 116 Å². The Morgan fingerprint density at radius 3 is 2.53 bits per heavy atom. The Labute approximate surface area is 173 Å². The molecule has 1 aromatic rings. The van der Waals surface area contributed by atoms with Gasteiger partial charge in [0.25, 0.3) is 5.69 Å². The maximum atomic E-state index is 13.8. The Bertz CT molecular complexity index is 971. The molecular formula is C20H25N5O5. The van der Waals surface area contributed by atoms with Gasteiger partial charge in [0.15, 0.2) is 5.41 Å². The Kier molecular flexibility index (Phi) is 4.39. The van der Waals surface area contributed by atoms with E-state index in [9.17, 15) is 24.5 Å². The van der Waals surface area contributed by atoms with Crippen molar-refractivity contribution < 1.29 is 19.3 Å². The highest BCUT2D eigenvalue weighted by Gasteiger charge is 2.64. The minimum absolute atomic E-state index is 0.00352. The number of nitro groups is 1. The quantitative estimate of drug-likeness (QED) is 0.415. The molecule has 3 aliphatic rings. The van der Waals surface area contributed by atoms with Gasteiger partial charge >= 0.3 is 6.03 Å². The number of hydrogen-bond acceptors (Lipinski definition) is 7. The Balaban J connectivity index is 1.91. The Morgan fingerprint density at radius 2 is 1.90 bits per heavy atom. The lowest BCUT2D eigenvalue weighted by Crippen LogP contribution is -2.76. The molecule has 3 aliphatic heterocycles. The van der Waals surface area contributed by atoms with Gasteiger partial charge in [0.05, 0.1) is 11.0 Å². The third-order valence-corrected chi connectivity index (χ3v) is 6.29. The number of carbonyl (C=O) groups is 3. The second kappa shape index (κ2) is 6.49. The van der Waals surface area contributed by atoms with E-state index in [-0.39, 0.29) is 12.1 Å². The van der Waals surface area contributed by atoms with Gasteiger partial charge < -0.3 is 9.80 Å². The summed E-state index contributed by atoms with van der Waals surface area (Å²) in [5.41, 5.74) is -1.11. The lowest BCUT2D eigenvalue weighted by atomic mass is 9.67. The first-order valence-corrected chi connectivity index (χ1v) is 9.89. The number of anilines is 1. The number of urea groups is 1. The van der Waals surface area contributed by atoms with Gasteiger partial charge in [-0.15, -0.1) is 0 Å². The molecule has 0 saturated carbocycles. The number of non-ortho nitro benzene ring substituents is 1. The van der Waals surface area contributed by atoms with Gasteiger partial charge in [-0.1, -0.05) is 0 Å². The molecule has 0 unspecified atom stereocenters. The summed E-state index contributed by atoms with van der Waals surface area (Å²) in [5.74, 6) is -1.19. The molecular weight excluding hydrogens is 390 g/mol. The van der Waals surface area contributed by atoms with E-state index < -0.39 is 39.8 Å². The summed E-state index contributed by atoms with van der Waals surface area (Å²) >= 11 is 0. The number of nitrogens with one attached hydrogen (secondary N) is 1. The number of amides is 4. The van der Waals surface area contributed by atoms with Crippen LogP contribution in [0.2, 0.25) is 0 Å². The Hall–Kier alpha value is -3.01. The Morgan fingerprint density at radius 1 is 1.20 bits per heavy atom. The van der Waals surface area contributed by atoms with Gasteiger partial charge in [-0.3, -0.25) is 29.9 Å². The van der Waals surface area contributed by atoms with E-state index in [4.69, 9.17) is 0 Å². The lowest BCUT2D eigenvalue weighted by molar-refractivity contribution is -0.384. The molecule has 0 aromatic heterocycles. The molecule has 30 heavy (non-hydrogen) atoms. The van der Waals surface area contributed by atoms with Crippen molar-refractivity contribution in [2.45, 2.75) is 38.8 Å². The number of nitrogens with zero attached hydrogens (tertiary/aromatic N) is 4. The second-order valence-electron chi connectivity index (χ2n) is 9.26. The zero-order valence-corrected chi connectivity index (χ0v) is 17.5. The van der Waals surface area contributed by atoms with Crippen molar-refractivity contribution in [1.29, 1.82) is 0 Å². The summed E-state index contributed by atoms with van der Waals surface area (Å²) in [5, 5.41) is 13.7. The summed E-state index contributed by atoms with van der Waals surface area (Å²) in [6, 6.07) is 3.35. The normalized spacial score (nSPS) is 27.1. The molecule has 10 nitrogen and oxygen atoms in total. The lowest BCUT2D eigenvalue weighted by Gasteiger charge is -2.56. The number of fused-ring (bicyclic) bond motifs is 4. The molecule has 1 N–H and O–H groups in total. The zero-order chi connectivity index (χ0) is 22.0. The monoisotopic (exact) mass is 415 g/mol. The average molecular weight is 415 g/mol. The van der Waals surface area contributed by atoms with E-state index >= 15 is 0 Å². The molecule has 0 bridgehead atoms. The average Bonchev–Trinajstić information content (AvgIpc) is 2.64. The first kappa shape index (κ1) is 20.3. The summed E-state index contributed by atoms with van der Waals surface area (Å²) in [6.07, 6.45) is 0.00352. The van der Waals surface area contributed by atoms with Gasteiger partial charge in [-0.2, -0.15) is 0 Å². The number of rotatable bonds is 1. The van der Waals surface area contributed by atoms with E-state index in [0.29, 0.717) is 18.7 Å². The number of benzene rings is 1. The molecule has 10 heteroatoms. The van der Waals surface area contributed by atoms with Crippen LogP contribution in [-0.2, 0) is 16.0 Å². The molecule has 3 heterocycles. The third kappa shape index (κ3) is 2.78. The van der Waals surface area contributed by atoms with Gasteiger partial charge in [0.1, 0.15) is 0 Å². The van der Waals surface area contributed by atoms with Crippen LogP contribution in [0.25, 0.3) is 0 Å². The molecule has 0 aliphatic carbocycles. The van der Waals surface area contributed by atoms with Crippen LogP contribution in [0.5, 0.6) is 0 Å². The van der Waals surface area contributed by atoms with E-state index in [2.05, 4.69) is 10.2 Å². The van der Waals surface area contributed by atoms with Crippen molar-refractivity contribution in [1.82, 2.24) is 15.1 Å². The number of hydrogen-bond donors (Lipinski definition) is 1. The van der Waals surface area contributed by atoms with Crippen LogP contribution in [0.4, 0.5) is 16.2 Å². The number of imide groups is 2. The molecule has 0 radical (unpaired) electrons. The van der Waals surface area contributed by atoms with E-state index in [1.807, 2.05) is 11.9 Å². The molecule has 4 rings (SSSR count). The summed E-state index contributed by atoms with van der Waals surface area (Å²) in [4.78, 5) is 55.7. The van der Waals surface area contributed by atoms with Crippen molar-refractivity contribution in [3.05, 3.63) is 33.9 Å². The zero-order valence-electron chi connectivity index (χ0n) is 17.5. The fraction of sp³-hybridized carbons (Fsp3) is 0.550. The van der Waals surface area contributed by atoms with Crippen molar-refractivity contribution >= 4 is 29.2 Å². The molecule has 160 valence electrons. The number of barbiturate groups is 1. The van der Waals surface area contributed by atoms with Crippen LogP contribution >= 0.6 is 0 Å². The van der Waals surface area contributed by atoms with E-state index in [1.54, 1.807) is 26.8 Å². The van der Waals surface area contributed by atoms with Gasteiger partial charge in [0, 0.05) is 49.4 Å². The molecule has 1 aromatic carbocycles. The second-order valence-corrected chi connectivity index (χ2v) is 9.26. The largest absolute Gasteiger partial charge is 0.364 e. The highest BCUT2D eigenvalue weighted by Crippen LogP contribution is 2.47. The van der Waals surface area contributed by atoms with Crippen molar-refractivity contribution in [2.75, 3.05) is 31.6 Å². The summed E-state index contributed by atoms with van der Waals surface area (Å²) in [6.45, 7) is 6.96. The van der Waals surface area contributed by atoms with E-state index in [1.165, 1.54) is 12.1 Å². The molecule has 2 fully saturated rings. The molecule has 1 spiro atoms. The number of likely N-dealkylation sites (N-methyl/N-ethyl adjacent to an activating group) is 1. The predicted molar refractivity (Wildman–Crippen MR) is 108 cm³/mol. The predicted octanol–water partition coefficient (Wildman–Crippen LogP) is 1.13. The minimum Gasteiger partial charge on any atom is -0.364 e. The molecule has 2 atom stereocenters. The highest BCUT2D eigenvalue weighted by atomic mass is 16.6. The maximum absolute atomic E-state index is 13.8.